The molecule has 2 aliphatic rings. The van der Waals surface area contributed by atoms with Crippen molar-refractivity contribution in [2.75, 3.05) is 31.1 Å². The number of anilines is 1. The Hall–Kier alpha value is -1.55. The third kappa shape index (κ3) is 3.21. The molecule has 0 radical (unpaired) electrons. The largest absolute Gasteiger partial charge is 0.384 e. The minimum absolute atomic E-state index is 0.170. The average Bonchev–Trinajstić information content (AvgIpc) is 2.56. The summed E-state index contributed by atoms with van der Waals surface area (Å²) in [6.45, 7) is 4.72. The number of amidine groups is 1. The fraction of sp³-hybridized carbons (Fsp3) is 0.588. The molecule has 1 aromatic rings. The van der Waals surface area contributed by atoms with Gasteiger partial charge in [0.2, 0.25) is 0 Å². The predicted octanol–water partition coefficient (Wildman–Crippen LogP) is 2.43. The van der Waals surface area contributed by atoms with Crippen molar-refractivity contribution in [3.63, 3.8) is 0 Å². The van der Waals surface area contributed by atoms with Crippen LogP contribution in [0.2, 0.25) is 0 Å². The Morgan fingerprint density at radius 2 is 1.67 bits per heavy atom. The normalized spacial score (nSPS) is 21.4. The van der Waals surface area contributed by atoms with Crippen molar-refractivity contribution in [1.82, 2.24) is 4.90 Å². The molecule has 2 aliphatic heterocycles. The van der Waals surface area contributed by atoms with Gasteiger partial charge < -0.3 is 15.5 Å². The fourth-order valence-corrected chi connectivity index (χ4v) is 3.73. The molecule has 0 bridgehead atoms. The first-order chi connectivity index (χ1) is 10.3. The van der Waals surface area contributed by atoms with Crippen molar-refractivity contribution >= 4 is 11.5 Å². The van der Waals surface area contributed by atoms with Crippen molar-refractivity contribution in [2.45, 2.75) is 38.1 Å². The Labute approximate surface area is 127 Å². The van der Waals surface area contributed by atoms with Crippen molar-refractivity contribution in [1.29, 1.82) is 5.41 Å². The van der Waals surface area contributed by atoms with Crippen molar-refractivity contribution < 1.29 is 0 Å². The summed E-state index contributed by atoms with van der Waals surface area (Å²) >= 11 is 0. The van der Waals surface area contributed by atoms with Gasteiger partial charge in [0.05, 0.1) is 0 Å². The van der Waals surface area contributed by atoms with E-state index in [9.17, 15) is 0 Å². The zero-order valence-electron chi connectivity index (χ0n) is 12.7. The van der Waals surface area contributed by atoms with E-state index in [1.54, 1.807) is 0 Å². The highest BCUT2D eigenvalue weighted by Gasteiger charge is 2.26. The summed E-state index contributed by atoms with van der Waals surface area (Å²) in [4.78, 5) is 5.09. The number of hydrogen-bond donors (Lipinski definition) is 2. The number of likely N-dealkylation sites (tertiary alicyclic amines) is 1. The number of piperidine rings is 2. The molecule has 0 spiro atoms. The first-order valence-corrected chi connectivity index (χ1v) is 8.18. The molecule has 114 valence electrons. The number of rotatable bonds is 3. The molecule has 3 N–H and O–H groups in total. The minimum atomic E-state index is 0.170. The molecule has 0 saturated carbocycles. The summed E-state index contributed by atoms with van der Waals surface area (Å²) < 4.78 is 0. The fourth-order valence-electron chi connectivity index (χ4n) is 3.73. The summed E-state index contributed by atoms with van der Waals surface area (Å²) in [6, 6.07) is 8.80. The minimum Gasteiger partial charge on any atom is -0.384 e. The molecular weight excluding hydrogens is 260 g/mol. The third-order valence-electron chi connectivity index (χ3n) is 4.91. The van der Waals surface area contributed by atoms with E-state index in [4.69, 9.17) is 11.1 Å². The molecule has 2 saturated heterocycles. The molecular formula is C17H26N4. The Balaban J connectivity index is 1.64. The van der Waals surface area contributed by atoms with E-state index in [1.165, 1.54) is 45.2 Å². The van der Waals surface area contributed by atoms with Crippen LogP contribution in [0, 0.1) is 5.41 Å². The van der Waals surface area contributed by atoms with Gasteiger partial charge in [-0.3, -0.25) is 5.41 Å². The first-order valence-electron chi connectivity index (χ1n) is 8.18. The molecule has 0 unspecified atom stereocenters. The van der Waals surface area contributed by atoms with Crippen LogP contribution in [0.15, 0.2) is 24.3 Å². The number of hydrogen-bond acceptors (Lipinski definition) is 3. The lowest BCUT2D eigenvalue weighted by Crippen LogP contribution is -2.47. The van der Waals surface area contributed by atoms with E-state index >= 15 is 0 Å². The topological polar surface area (TPSA) is 56.4 Å². The van der Waals surface area contributed by atoms with Crippen molar-refractivity contribution in [3.05, 3.63) is 29.8 Å². The number of para-hydroxylation sites is 1. The van der Waals surface area contributed by atoms with Crippen LogP contribution >= 0.6 is 0 Å². The van der Waals surface area contributed by atoms with E-state index < -0.39 is 0 Å². The average molecular weight is 286 g/mol. The lowest BCUT2D eigenvalue weighted by Gasteiger charge is -2.41. The van der Waals surface area contributed by atoms with Gasteiger partial charge in [0.15, 0.2) is 0 Å². The maximum atomic E-state index is 7.74. The lowest BCUT2D eigenvalue weighted by molar-refractivity contribution is 0.141. The molecule has 4 nitrogen and oxygen atoms in total. The van der Waals surface area contributed by atoms with Crippen LogP contribution in [0.25, 0.3) is 0 Å². The van der Waals surface area contributed by atoms with Crippen molar-refractivity contribution in [3.8, 4) is 0 Å². The van der Waals surface area contributed by atoms with E-state index in [1.807, 2.05) is 18.2 Å². The van der Waals surface area contributed by atoms with E-state index in [-0.39, 0.29) is 5.84 Å². The van der Waals surface area contributed by atoms with Crippen LogP contribution in [0.1, 0.15) is 37.7 Å². The molecule has 0 amide bonds. The molecule has 4 heteroatoms. The predicted molar refractivity (Wildman–Crippen MR) is 88.1 cm³/mol. The van der Waals surface area contributed by atoms with E-state index in [0.29, 0.717) is 0 Å². The van der Waals surface area contributed by atoms with Gasteiger partial charge in [-0.15, -0.1) is 0 Å². The highest BCUT2D eigenvalue weighted by Crippen LogP contribution is 2.26. The van der Waals surface area contributed by atoms with Crippen molar-refractivity contribution in [2.24, 2.45) is 5.73 Å². The maximum absolute atomic E-state index is 7.74. The summed E-state index contributed by atoms with van der Waals surface area (Å²) in [5, 5.41) is 7.74. The summed E-state index contributed by atoms with van der Waals surface area (Å²) in [5.74, 6) is 0.170. The molecule has 3 rings (SSSR count). The molecule has 21 heavy (non-hydrogen) atoms. The van der Waals surface area contributed by atoms with E-state index in [2.05, 4.69) is 15.9 Å². The quantitative estimate of drug-likeness (QED) is 0.663. The summed E-state index contributed by atoms with van der Waals surface area (Å²) in [7, 11) is 0. The van der Waals surface area contributed by atoms with Gasteiger partial charge in [-0.2, -0.15) is 0 Å². The Kier molecular flexibility index (Phi) is 4.44. The van der Waals surface area contributed by atoms with Crippen LogP contribution in [-0.4, -0.2) is 43.0 Å². The molecule has 0 aliphatic carbocycles. The van der Waals surface area contributed by atoms with Gasteiger partial charge in [-0.1, -0.05) is 18.6 Å². The molecule has 0 aromatic heterocycles. The van der Waals surface area contributed by atoms with Gasteiger partial charge in [-0.25, -0.2) is 0 Å². The highest BCUT2D eigenvalue weighted by atomic mass is 15.2. The standard InChI is InChI=1S/C17H26N4/c18-17(19)15-6-2-3-7-16(15)21-12-8-14(9-13-21)20-10-4-1-5-11-20/h2-3,6-7,14H,1,4-5,8-13H2,(H3,18,19). The Morgan fingerprint density at radius 3 is 2.33 bits per heavy atom. The van der Waals surface area contributed by atoms with Gasteiger partial charge in [0.25, 0.3) is 0 Å². The number of nitrogen functional groups attached to an aromatic ring is 1. The number of benzene rings is 1. The van der Waals surface area contributed by atoms with Crippen LogP contribution in [0.4, 0.5) is 5.69 Å². The third-order valence-corrected chi connectivity index (χ3v) is 4.91. The highest BCUT2D eigenvalue weighted by molar-refractivity contribution is 6.00. The zero-order valence-corrected chi connectivity index (χ0v) is 12.7. The first kappa shape index (κ1) is 14.4. The molecule has 2 heterocycles. The maximum Gasteiger partial charge on any atom is 0.124 e. The van der Waals surface area contributed by atoms with Gasteiger partial charge in [0.1, 0.15) is 5.84 Å². The molecule has 0 atom stereocenters. The van der Waals surface area contributed by atoms with Gasteiger partial charge >= 0.3 is 0 Å². The Morgan fingerprint density at radius 1 is 1.00 bits per heavy atom. The summed E-state index contributed by atoms with van der Waals surface area (Å²) in [5.41, 5.74) is 7.71. The number of nitrogens with two attached hydrogens (primary N) is 1. The lowest BCUT2D eigenvalue weighted by atomic mass is 9.98. The second-order valence-corrected chi connectivity index (χ2v) is 6.25. The SMILES string of the molecule is N=C(N)c1ccccc1N1CCC(N2CCCCC2)CC1. The molecule has 2 fully saturated rings. The van der Waals surface area contributed by atoms with Crippen LogP contribution in [0.3, 0.4) is 0 Å². The van der Waals surface area contributed by atoms with E-state index in [0.717, 1.165) is 30.4 Å². The van der Waals surface area contributed by atoms with Gasteiger partial charge in [-0.05, 0) is 50.9 Å². The number of nitrogens with one attached hydrogen (secondary N) is 1. The molecule has 1 aromatic carbocycles. The summed E-state index contributed by atoms with van der Waals surface area (Å²) in [6.07, 6.45) is 6.60. The number of nitrogens with zero attached hydrogens (tertiary/aromatic N) is 2. The van der Waals surface area contributed by atoms with Gasteiger partial charge in [0, 0.05) is 30.4 Å². The van der Waals surface area contributed by atoms with Crippen LogP contribution < -0.4 is 10.6 Å². The zero-order chi connectivity index (χ0) is 14.7. The smallest absolute Gasteiger partial charge is 0.124 e. The second kappa shape index (κ2) is 6.48. The van der Waals surface area contributed by atoms with Crippen LogP contribution in [-0.2, 0) is 0 Å². The monoisotopic (exact) mass is 286 g/mol. The Bertz CT molecular complexity index is 485. The van der Waals surface area contributed by atoms with Crippen LogP contribution in [0.5, 0.6) is 0 Å². The second-order valence-electron chi connectivity index (χ2n) is 6.25.